The van der Waals surface area contributed by atoms with Crippen LogP contribution in [0, 0.1) is 11.3 Å². The number of amides is 2. The first-order valence-electron chi connectivity index (χ1n) is 9.89. The molecule has 2 N–H and O–H groups in total. The lowest BCUT2D eigenvalue weighted by Crippen LogP contribution is -2.30. The Morgan fingerprint density at radius 2 is 1.81 bits per heavy atom. The van der Waals surface area contributed by atoms with Crippen molar-refractivity contribution in [3.05, 3.63) is 40.3 Å². The molecule has 0 aliphatic heterocycles. The van der Waals surface area contributed by atoms with Gasteiger partial charge in [0.2, 0.25) is 0 Å². The van der Waals surface area contributed by atoms with Gasteiger partial charge in [-0.3, -0.25) is 9.59 Å². The van der Waals surface area contributed by atoms with Crippen LogP contribution in [0.15, 0.2) is 24.3 Å². The van der Waals surface area contributed by atoms with E-state index in [0.717, 1.165) is 22.6 Å². The van der Waals surface area contributed by atoms with E-state index in [0.29, 0.717) is 35.8 Å². The highest BCUT2D eigenvalue weighted by Crippen LogP contribution is 2.45. The maximum atomic E-state index is 13.2. The van der Waals surface area contributed by atoms with E-state index in [1.807, 2.05) is 5.32 Å². The predicted molar refractivity (Wildman–Crippen MR) is 115 cm³/mol. The van der Waals surface area contributed by atoms with E-state index in [-0.39, 0.29) is 16.0 Å². The molecule has 2 aromatic rings. The molecule has 31 heavy (non-hydrogen) atoms. The first-order chi connectivity index (χ1) is 14.4. The number of rotatable bonds is 4. The molecule has 0 bridgehead atoms. The second-order valence-corrected chi connectivity index (χ2v) is 9.73. The second kappa shape index (κ2) is 8.53. The average Bonchev–Trinajstić information content (AvgIpc) is 3.04. The lowest BCUT2D eigenvalue weighted by Gasteiger charge is -2.33. The van der Waals surface area contributed by atoms with E-state index >= 15 is 0 Å². The van der Waals surface area contributed by atoms with Gasteiger partial charge < -0.3 is 15.4 Å². The fourth-order valence-corrected chi connectivity index (χ4v) is 5.08. The van der Waals surface area contributed by atoms with E-state index < -0.39 is 18.0 Å². The fourth-order valence-electron chi connectivity index (χ4n) is 3.76. The van der Waals surface area contributed by atoms with Crippen molar-refractivity contribution in [1.82, 2.24) is 0 Å². The molecule has 2 amide bonds. The highest BCUT2D eigenvalue weighted by atomic mass is 32.1. The Morgan fingerprint density at radius 3 is 2.42 bits per heavy atom. The van der Waals surface area contributed by atoms with Crippen molar-refractivity contribution in [3.8, 4) is 5.75 Å². The van der Waals surface area contributed by atoms with Gasteiger partial charge in [0.15, 0.2) is 0 Å². The summed E-state index contributed by atoms with van der Waals surface area (Å²) in [5.41, 5.74) is 1.22. The number of fused-ring (bicyclic) bond motifs is 1. The van der Waals surface area contributed by atoms with Crippen LogP contribution in [-0.4, -0.2) is 25.1 Å². The number of ether oxygens (including phenoxy) is 1. The highest BCUT2D eigenvalue weighted by molar-refractivity contribution is 7.17. The molecule has 1 aromatic heterocycles. The average molecular weight is 455 g/mol. The summed E-state index contributed by atoms with van der Waals surface area (Å²) < 4.78 is 43.9. The normalized spacial score (nSPS) is 16.4. The van der Waals surface area contributed by atoms with Crippen LogP contribution in [-0.2, 0) is 17.6 Å². The quantitative estimate of drug-likeness (QED) is 0.626. The Morgan fingerprint density at radius 1 is 1.13 bits per heavy atom. The van der Waals surface area contributed by atoms with Gasteiger partial charge in [0.25, 0.3) is 5.91 Å². The first-order valence-corrected chi connectivity index (χ1v) is 10.7. The van der Waals surface area contributed by atoms with Crippen molar-refractivity contribution in [3.63, 3.8) is 0 Å². The Kier molecular flexibility index (Phi) is 6.36. The summed E-state index contributed by atoms with van der Waals surface area (Å²) in [6, 6.07) is 6.75. The summed E-state index contributed by atoms with van der Waals surface area (Å²) >= 11 is 1.05. The SMILES string of the molecule is COc1ccccc1NC(=O)c1c(NC(=O)C(F)(F)F)sc2c1CCC(C(C)(C)C)C2. The number of hydrogen-bond acceptors (Lipinski definition) is 4. The lowest BCUT2D eigenvalue weighted by atomic mass is 9.72. The molecule has 1 aliphatic rings. The molecule has 1 unspecified atom stereocenters. The molecule has 5 nitrogen and oxygen atoms in total. The van der Waals surface area contributed by atoms with Crippen molar-refractivity contribution in [2.24, 2.45) is 11.3 Å². The number of carbonyl (C=O) groups is 2. The van der Waals surface area contributed by atoms with Crippen molar-refractivity contribution in [2.45, 2.75) is 46.2 Å². The van der Waals surface area contributed by atoms with Crippen LogP contribution >= 0.6 is 11.3 Å². The van der Waals surface area contributed by atoms with Gasteiger partial charge in [0.05, 0.1) is 18.4 Å². The molecule has 0 saturated carbocycles. The zero-order valence-corrected chi connectivity index (χ0v) is 18.6. The minimum atomic E-state index is -5.05. The fraction of sp³-hybridized carbons (Fsp3) is 0.455. The number of benzene rings is 1. The highest BCUT2D eigenvalue weighted by Gasteiger charge is 2.41. The molecule has 1 aromatic carbocycles. The zero-order valence-electron chi connectivity index (χ0n) is 17.8. The third-order valence-electron chi connectivity index (χ3n) is 5.56. The molecule has 9 heteroatoms. The van der Waals surface area contributed by atoms with Gasteiger partial charge in [-0.25, -0.2) is 0 Å². The largest absolute Gasteiger partial charge is 0.495 e. The Balaban J connectivity index is 2.00. The van der Waals surface area contributed by atoms with Gasteiger partial charge in [-0.1, -0.05) is 32.9 Å². The second-order valence-electron chi connectivity index (χ2n) is 8.62. The van der Waals surface area contributed by atoms with Crippen molar-refractivity contribution < 1.29 is 27.5 Å². The molecule has 1 aliphatic carbocycles. The van der Waals surface area contributed by atoms with Crippen LogP contribution < -0.4 is 15.4 Å². The molecule has 0 radical (unpaired) electrons. The molecule has 3 rings (SSSR count). The molecular formula is C22H25F3N2O3S. The van der Waals surface area contributed by atoms with Crippen molar-refractivity contribution in [2.75, 3.05) is 17.7 Å². The number of halogens is 3. The number of anilines is 2. The number of alkyl halides is 3. The minimum Gasteiger partial charge on any atom is -0.495 e. The summed E-state index contributed by atoms with van der Waals surface area (Å²) in [6.45, 7) is 6.37. The Hall–Kier alpha value is -2.55. The molecular weight excluding hydrogens is 429 g/mol. The van der Waals surface area contributed by atoms with Crippen molar-refractivity contribution >= 4 is 33.8 Å². The van der Waals surface area contributed by atoms with Gasteiger partial charge in [-0.05, 0) is 48.3 Å². The van der Waals surface area contributed by atoms with E-state index in [9.17, 15) is 22.8 Å². The molecule has 1 heterocycles. The van der Waals surface area contributed by atoms with Crippen LogP contribution in [0.4, 0.5) is 23.9 Å². The van der Waals surface area contributed by atoms with Crippen LogP contribution in [0.5, 0.6) is 5.75 Å². The predicted octanol–water partition coefficient (Wildman–Crippen LogP) is 5.66. The van der Waals surface area contributed by atoms with E-state index in [2.05, 4.69) is 26.1 Å². The molecule has 168 valence electrons. The maximum absolute atomic E-state index is 13.2. The number of nitrogens with one attached hydrogen (secondary N) is 2. The summed E-state index contributed by atoms with van der Waals surface area (Å²) in [5.74, 6) is -1.91. The van der Waals surface area contributed by atoms with E-state index in [4.69, 9.17) is 4.74 Å². The minimum absolute atomic E-state index is 0.0247. The smallest absolute Gasteiger partial charge is 0.471 e. The zero-order chi connectivity index (χ0) is 23.0. The van der Waals surface area contributed by atoms with Crippen LogP contribution in [0.1, 0.15) is 48.0 Å². The van der Waals surface area contributed by atoms with E-state index in [1.54, 1.807) is 24.3 Å². The Labute approximate surface area is 183 Å². The number of methoxy groups -OCH3 is 1. The Bertz CT molecular complexity index is 993. The van der Waals surface area contributed by atoms with Gasteiger partial charge in [-0.2, -0.15) is 13.2 Å². The number of thiophene rings is 1. The third-order valence-corrected chi connectivity index (χ3v) is 6.73. The van der Waals surface area contributed by atoms with Gasteiger partial charge in [0.1, 0.15) is 10.8 Å². The van der Waals surface area contributed by atoms with Gasteiger partial charge in [-0.15, -0.1) is 11.3 Å². The maximum Gasteiger partial charge on any atom is 0.471 e. The van der Waals surface area contributed by atoms with Gasteiger partial charge >= 0.3 is 12.1 Å². The molecule has 0 spiro atoms. The van der Waals surface area contributed by atoms with Crippen LogP contribution in [0.25, 0.3) is 0 Å². The van der Waals surface area contributed by atoms with Gasteiger partial charge in [0, 0.05) is 4.88 Å². The lowest BCUT2D eigenvalue weighted by molar-refractivity contribution is -0.167. The molecule has 0 fully saturated rings. The van der Waals surface area contributed by atoms with Crippen LogP contribution in [0.3, 0.4) is 0 Å². The summed E-state index contributed by atoms with van der Waals surface area (Å²) in [7, 11) is 1.46. The summed E-state index contributed by atoms with van der Waals surface area (Å²) in [4.78, 5) is 25.6. The number of para-hydroxylation sites is 2. The molecule has 0 saturated heterocycles. The molecule has 1 atom stereocenters. The summed E-state index contributed by atoms with van der Waals surface area (Å²) in [5, 5.41) is 4.56. The van der Waals surface area contributed by atoms with E-state index in [1.165, 1.54) is 7.11 Å². The first kappa shape index (κ1) is 23.1. The number of hydrogen-bond donors (Lipinski definition) is 2. The third kappa shape index (κ3) is 5.03. The topological polar surface area (TPSA) is 67.4 Å². The monoisotopic (exact) mass is 454 g/mol. The number of carbonyl (C=O) groups excluding carboxylic acids is 2. The van der Waals surface area contributed by atoms with Crippen molar-refractivity contribution in [1.29, 1.82) is 0 Å². The standard InChI is InChI=1S/C22H25F3N2O3S/c1-21(2,3)12-9-10-13-16(11-12)31-19(27-20(29)22(23,24)25)17(13)18(28)26-14-7-5-6-8-15(14)30-4/h5-8,12H,9-11H2,1-4H3,(H,26,28)(H,27,29). The van der Waals surface area contributed by atoms with Crippen LogP contribution in [0.2, 0.25) is 0 Å². The summed E-state index contributed by atoms with van der Waals surface area (Å²) in [6.07, 6.45) is -3.02.